The van der Waals surface area contributed by atoms with Gasteiger partial charge in [-0.3, -0.25) is 24.5 Å². The highest BCUT2D eigenvalue weighted by molar-refractivity contribution is 7.88. The summed E-state index contributed by atoms with van der Waals surface area (Å²) in [5, 5.41) is 10.6. The van der Waals surface area contributed by atoms with Gasteiger partial charge >= 0.3 is 0 Å². The molecule has 1 heterocycles. The van der Waals surface area contributed by atoms with Gasteiger partial charge in [0.05, 0.1) is 0 Å². The first-order valence-corrected chi connectivity index (χ1v) is 7.74. The summed E-state index contributed by atoms with van der Waals surface area (Å²) in [7, 11) is -9.78. The summed E-state index contributed by atoms with van der Waals surface area (Å²) in [4.78, 5) is 7.67. The molecule has 1 aliphatic rings. The van der Waals surface area contributed by atoms with Crippen LogP contribution in [0.25, 0.3) is 0 Å². The van der Waals surface area contributed by atoms with Crippen LogP contribution in [0.3, 0.4) is 0 Å². The Morgan fingerprint density at radius 2 is 1.68 bits per heavy atom. The van der Waals surface area contributed by atoms with Gasteiger partial charge in [-0.05, 0) is 19.1 Å². The third-order valence-electron chi connectivity index (χ3n) is 2.91. The van der Waals surface area contributed by atoms with Gasteiger partial charge in [0.2, 0.25) is 5.37 Å². The summed E-state index contributed by atoms with van der Waals surface area (Å²) in [5.41, 5.74) is -2.28. The number of hydrogen-bond donors (Lipinski definition) is 3. The van der Waals surface area contributed by atoms with Gasteiger partial charge in [-0.2, -0.15) is 16.8 Å². The lowest BCUT2D eigenvalue weighted by Gasteiger charge is -2.36. The Kier molecular flexibility index (Phi) is 3.54. The van der Waals surface area contributed by atoms with Crippen LogP contribution in [0.15, 0.2) is 12.2 Å². The second-order valence-corrected chi connectivity index (χ2v) is 7.74. The third-order valence-corrected chi connectivity index (χ3v) is 5.43. The molecular formula is C7H12N2O8S2. The third kappa shape index (κ3) is 2.62. The Labute approximate surface area is 109 Å². The van der Waals surface area contributed by atoms with E-state index in [4.69, 9.17) is 9.11 Å². The van der Waals surface area contributed by atoms with Crippen molar-refractivity contribution in [2.75, 3.05) is 0 Å². The van der Waals surface area contributed by atoms with E-state index in [-0.39, 0.29) is 0 Å². The summed E-state index contributed by atoms with van der Waals surface area (Å²) < 4.78 is 62.7. The first-order chi connectivity index (χ1) is 8.24. The van der Waals surface area contributed by atoms with Gasteiger partial charge in [0, 0.05) is 11.8 Å². The molecule has 12 heteroatoms. The standard InChI is InChI=1S/C7H12N2O8S2/c1-6(9(10)11)3-4-7(2,19(15,16)17)8-5(6)18(12,13)14/h3-5,8H,1-2H3,(H,12,13,14)(H,15,16,17)/t5-,6+,7+/m0/s1. The molecule has 0 bridgehead atoms. The Balaban J connectivity index is 3.52. The van der Waals surface area contributed by atoms with Crippen molar-refractivity contribution in [2.24, 2.45) is 0 Å². The minimum atomic E-state index is -4.99. The summed E-state index contributed by atoms with van der Waals surface area (Å²) in [6.07, 6.45) is 1.46. The largest absolute Gasteiger partial charge is 0.288 e. The predicted molar refractivity (Wildman–Crippen MR) is 63.0 cm³/mol. The van der Waals surface area contributed by atoms with E-state index in [0.29, 0.717) is 6.08 Å². The highest BCUT2D eigenvalue weighted by atomic mass is 32.2. The van der Waals surface area contributed by atoms with Crippen LogP contribution in [0.2, 0.25) is 0 Å². The molecule has 19 heavy (non-hydrogen) atoms. The Bertz CT molecular complexity index is 638. The topological polar surface area (TPSA) is 164 Å². The van der Waals surface area contributed by atoms with E-state index < -0.39 is 40.9 Å². The van der Waals surface area contributed by atoms with Crippen molar-refractivity contribution in [3.63, 3.8) is 0 Å². The van der Waals surface area contributed by atoms with Gasteiger partial charge in [0.1, 0.15) is 0 Å². The smallest absolute Gasteiger partial charge is 0.284 e. The molecule has 0 amide bonds. The maximum atomic E-state index is 11.2. The quantitative estimate of drug-likeness (QED) is 0.256. The van der Waals surface area contributed by atoms with Crippen molar-refractivity contribution < 1.29 is 30.9 Å². The van der Waals surface area contributed by atoms with Crippen LogP contribution in [0.4, 0.5) is 0 Å². The van der Waals surface area contributed by atoms with Crippen LogP contribution < -0.4 is 5.32 Å². The Hall–Kier alpha value is -1.08. The number of rotatable bonds is 3. The fourth-order valence-electron chi connectivity index (χ4n) is 1.56. The second-order valence-electron chi connectivity index (χ2n) is 4.44. The average Bonchev–Trinajstić information content (AvgIpc) is 2.18. The van der Waals surface area contributed by atoms with Gasteiger partial charge < -0.3 is 0 Å². The van der Waals surface area contributed by atoms with Crippen LogP contribution in [0.5, 0.6) is 0 Å². The predicted octanol–water partition coefficient (Wildman–Crippen LogP) is -1.00. The molecule has 1 rings (SSSR count). The van der Waals surface area contributed by atoms with E-state index >= 15 is 0 Å². The minimum absolute atomic E-state index is 0.704. The summed E-state index contributed by atoms with van der Waals surface area (Å²) >= 11 is 0. The molecule has 3 N–H and O–H groups in total. The first-order valence-electron chi connectivity index (χ1n) is 4.80. The number of hydrogen-bond acceptors (Lipinski definition) is 7. The molecule has 0 aromatic heterocycles. The zero-order valence-corrected chi connectivity index (χ0v) is 11.5. The Morgan fingerprint density at radius 1 is 1.21 bits per heavy atom. The van der Waals surface area contributed by atoms with Crippen LogP contribution >= 0.6 is 0 Å². The number of nitrogens with one attached hydrogen (secondary N) is 1. The number of nitro groups is 1. The zero-order valence-electron chi connectivity index (χ0n) is 9.84. The molecule has 110 valence electrons. The lowest BCUT2D eigenvalue weighted by atomic mass is 9.97. The lowest BCUT2D eigenvalue weighted by molar-refractivity contribution is -0.552. The van der Waals surface area contributed by atoms with E-state index in [2.05, 4.69) is 0 Å². The summed E-state index contributed by atoms with van der Waals surface area (Å²) in [6.45, 7) is 1.79. The lowest BCUT2D eigenvalue weighted by Crippen LogP contribution is -2.66. The Morgan fingerprint density at radius 3 is 2.00 bits per heavy atom. The van der Waals surface area contributed by atoms with E-state index in [0.717, 1.165) is 19.9 Å². The SMILES string of the molecule is C[C@@]1([N+](=O)[O-])C=C[C@@](C)(S(=O)(=O)O)N[C@H]1S(=O)(=O)O. The highest BCUT2D eigenvalue weighted by Crippen LogP contribution is 2.31. The molecule has 0 aromatic carbocycles. The summed E-state index contributed by atoms with van der Waals surface area (Å²) in [5.74, 6) is 0. The molecule has 1 aliphatic heterocycles. The number of nitrogens with zero attached hydrogens (tertiary/aromatic N) is 1. The van der Waals surface area contributed by atoms with Crippen LogP contribution in [0, 0.1) is 10.1 Å². The van der Waals surface area contributed by atoms with Crippen LogP contribution in [-0.4, -0.2) is 46.6 Å². The molecule has 0 unspecified atom stereocenters. The monoisotopic (exact) mass is 316 g/mol. The van der Waals surface area contributed by atoms with Crippen LogP contribution in [-0.2, 0) is 20.2 Å². The van der Waals surface area contributed by atoms with Crippen molar-refractivity contribution in [3.8, 4) is 0 Å². The maximum Gasteiger partial charge on any atom is 0.288 e. The molecule has 0 aliphatic carbocycles. The molecule has 0 aromatic rings. The van der Waals surface area contributed by atoms with Gasteiger partial charge in [0.25, 0.3) is 25.8 Å². The molecule has 0 saturated heterocycles. The molecule has 0 saturated carbocycles. The zero-order chi connectivity index (χ0) is 15.3. The van der Waals surface area contributed by atoms with Crippen molar-refractivity contribution >= 4 is 20.2 Å². The van der Waals surface area contributed by atoms with Crippen LogP contribution in [0.1, 0.15) is 13.8 Å². The highest BCUT2D eigenvalue weighted by Gasteiger charge is 2.58. The van der Waals surface area contributed by atoms with Crippen molar-refractivity contribution in [1.82, 2.24) is 5.32 Å². The first kappa shape index (κ1) is 16.0. The average molecular weight is 316 g/mol. The molecule has 0 spiro atoms. The van der Waals surface area contributed by atoms with E-state index in [9.17, 15) is 26.9 Å². The molecule has 0 fully saturated rings. The van der Waals surface area contributed by atoms with Gasteiger partial charge in [-0.15, -0.1) is 0 Å². The molecular weight excluding hydrogens is 304 g/mol. The van der Waals surface area contributed by atoms with Gasteiger partial charge in [0.15, 0.2) is 4.87 Å². The fraction of sp³-hybridized carbons (Fsp3) is 0.714. The normalized spacial score (nSPS) is 36.1. The molecule has 0 radical (unpaired) electrons. The van der Waals surface area contributed by atoms with Gasteiger partial charge in [-0.25, -0.2) is 0 Å². The van der Waals surface area contributed by atoms with Crippen molar-refractivity contribution in [1.29, 1.82) is 0 Å². The molecule has 10 nitrogen and oxygen atoms in total. The van der Waals surface area contributed by atoms with Crippen molar-refractivity contribution in [3.05, 3.63) is 22.3 Å². The van der Waals surface area contributed by atoms with E-state index in [1.807, 2.05) is 5.32 Å². The second kappa shape index (κ2) is 4.21. The van der Waals surface area contributed by atoms with E-state index in [1.54, 1.807) is 0 Å². The van der Waals surface area contributed by atoms with E-state index in [1.165, 1.54) is 0 Å². The molecule has 3 atom stereocenters. The summed E-state index contributed by atoms with van der Waals surface area (Å²) in [6, 6.07) is 0. The van der Waals surface area contributed by atoms with Crippen molar-refractivity contribution in [2.45, 2.75) is 29.6 Å². The maximum absolute atomic E-state index is 11.2. The van der Waals surface area contributed by atoms with Gasteiger partial charge in [-0.1, -0.05) is 0 Å². The fourth-order valence-corrected chi connectivity index (χ4v) is 3.31. The minimum Gasteiger partial charge on any atom is -0.284 e.